The van der Waals surface area contributed by atoms with Gasteiger partial charge in [0.05, 0.1) is 6.61 Å². The number of hydrogen-bond donors (Lipinski definition) is 3. The average Bonchev–Trinajstić information content (AvgIpc) is 2.38. The summed E-state index contributed by atoms with van der Waals surface area (Å²) in [6.07, 6.45) is 2.66. The lowest BCUT2D eigenvalue weighted by Gasteiger charge is -2.02. The molecule has 1 aromatic carbocycles. The van der Waals surface area contributed by atoms with Crippen molar-refractivity contribution in [2.24, 2.45) is 0 Å². The van der Waals surface area contributed by atoms with Crippen molar-refractivity contribution in [3.63, 3.8) is 0 Å². The van der Waals surface area contributed by atoms with Gasteiger partial charge < -0.3 is 20.3 Å². The van der Waals surface area contributed by atoms with Crippen LogP contribution < -0.4 is 5.32 Å². The first kappa shape index (κ1) is 14.6. The van der Waals surface area contributed by atoms with E-state index in [9.17, 15) is 14.7 Å². The first-order chi connectivity index (χ1) is 9.02. The molecule has 0 atom stereocenters. The van der Waals surface area contributed by atoms with Crippen molar-refractivity contribution < 1.29 is 24.5 Å². The topological polar surface area (TPSA) is 95.9 Å². The van der Waals surface area contributed by atoms with Crippen LogP contribution >= 0.6 is 0 Å². The number of aromatic hydroxyl groups is 2. The third-order valence-corrected chi connectivity index (χ3v) is 2.14. The quantitative estimate of drug-likeness (QED) is 0.415. The summed E-state index contributed by atoms with van der Waals surface area (Å²) in [5, 5.41) is 20.7. The minimum absolute atomic E-state index is 0.197. The smallest absolute Gasteiger partial charge is 0.325 e. The molecule has 0 aromatic heterocycles. The van der Waals surface area contributed by atoms with Gasteiger partial charge in [-0.05, 0) is 30.7 Å². The lowest BCUT2D eigenvalue weighted by atomic mass is 10.2. The Balaban J connectivity index is 2.49. The summed E-state index contributed by atoms with van der Waals surface area (Å²) in [6.45, 7) is 1.74. The zero-order valence-corrected chi connectivity index (χ0v) is 10.4. The summed E-state index contributed by atoms with van der Waals surface area (Å²) in [6, 6.07) is 4.15. The lowest BCUT2D eigenvalue weighted by Crippen LogP contribution is -2.29. The Hall–Kier alpha value is -2.50. The van der Waals surface area contributed by atoms with Gasteiger partial charge in [-0.15, -0.1) is 0 Å². The molecule has 1 amide bonds. The number of phenols is 2. The van der Waals surface area contributed by atoms with E-state index in [0.29, 0.717) is 5.56 Å². The number of esters is 1. The Morgan fingerprint density at radius 1 is 1.32 bits per heavy atom. The normalized spacial score (nSPS) is 10.4. The first-order valence-electron chi connectivity index (χ1n) is 5.66. The standard InChI is InChI=1S/C13H15NO5/c1-2-19-13(18)8-14-12(17)6-4-9-3-5-10(15)11(16)7-9/h3-7,15-16H,2,8H2,1H3,(H,14,17)/b6-4+. The summed E-state index contributed by atoms with van der Waals surface area (Å²) in [5.41, 5.74) is 0.543. The number of ether oxygens (including phenoxy) is 1. The number of nitrogens with one attached hydrogen (secondary N) is 1. The molecule has 6 heteroatoms. The Morgan fingerprint density at radius 2 is 2.05 bits per heavy atom. The van der Waals surface area contributed by atoms with Crippen LogP contribution in [0.5, 0.6) is 11.5 Å². The molecule has 1 rings (SSSR count). The molecule has 0 heterocycles. The zero-order valence-electron chi connectivity index (χ0n) is 10.4. The summed E-state index contributed by atoms with van der Waals surface area (Å²) in [5.74, 6) is -1.47. The van der Waals surface area contributed by atoms with Crippen LogP contribution in [0.2, 0.25) is 0 Å². The molecule has 0 bridgehead atoms. The van der Waals surface area contributed by atoms with Crippen LogP contribution in [0.4, 0.5) is 0 Å². The second kappa shape index (κ2) is 7.05. The highest BCUT2D eigenvalue weighted by Gasteiger charge is 2.03. The van der Waals surface area contributed by atoms with Crippen molar-refractivity contribution in [1.29, 1.82) is 0 Å². The van der Waals surface area contributed by atoms with E-state index in [4.69, 9.17) is 5.11 Å². The van der Waals surface area contributed by atoms with E-state index in [1.54, 1.807) is 6.92 Å². The monoisotopic (exact) mass is 265 g/mol. The van der Waals surface area contributed by atoms with Crippen LogP contribution in [0.15, 0.2) is 24.3 Å². The van der Waals surface area contributed by atoms with Gasteiger partial charge >= 0.3 is 5.97 Å². The molecule has 0 aliphatic carbocycles. The van der Waals surface area contributed by atoms with Crippen LogP contribution in [0.25, 0.3) is 6.08 Å². The van der Waals surface area contributed by atoms with Gasteiger partial charge in [-0.2, -0.15) is 0 Å². The van der Waals surface area contributed by atoms with Gasteiger partial charge in [-0.1, -0.05) is 6.07 Å². The van der Waals surface area contributed by atoms with Gasteiger partial charge in [-0.25, -0.2) is 0 Å². The predicted octanol–water partition coefficient (Wildman–Crippen LogP) is 0.790. The molecule has 0 radical (unpaired) electrons. The highest BCUT2D eigenvalue weighted by atomic mass is 16.5. The van der Waals surface area contributed by atoms with E-state index >= 15 is 0 Å². The van der Waals surface area contributed by atoms with Crippen molar-refractivity contribution in [3.05, 3.63) is 29.8 Å². The molecule has 0 fully saturated rings. The fraction of sp³-hybridized carbons (Fsp3) is 0.231. The van der Waals surface area contributed by atoms with E-state index in [-0.39, 0.29) is 24.7 Å². The first-order valence-corrected chi connectivity index (χ1v) is 5.66. The maximum absolute atomic E-state index is 11.4. The van der Waals surface area contributed by atoms with Crippen molar-refractivity contribution in [3.8, 4) is 11.5 Å². The molecule has 102 valence electrons. The van der Waals surface area contributed by atoms with Crippen molar-refractivity contribution in [1.82, 2.24) is 5.32 Å². The van der Waals surface area contributed by atoms with Crippen molar-refractivity contribution in [2.75, 3.05) is 13.2 Å². The van der Waals surface area contributed by atoms with Crippen LogP contribution in [-0.2, 0) is 14.3 Å². The van der Waals surface area contributed by atoms with Gasteiger partial charge in [-0.3, -0.25) is 9.59 Å². The van der Waals surface area contributed by atoms with Crippen LogP contribution in [-0.4, -0.2) is 35.2 Å². The Labute approximate surface area is 110 Å². The highest BCUT2D eigenvalue weighted by Crippen LogP contribution is 2.25. The molecule has 0 unspecified atom stereocenters. The molecule has 0 aliphatic rings. The third-order valence-electron chi connectivity index (χ3n) is 2.14. The van der Waals surface area contributed by atoms with Gasteiger partial charge in [0.15, 0.2) is 11.5 Å². The molecule has 0 aliphatic heterocycles. The fourth-order valence-electron chi connectivity index (χ4n) is 1.25. The number of carbonyl (C=O) groups is 2. The molecule has 3 N–H and O–H groups in total. The van der Waals surface area contributed by atoms with E-state index < -0.39 is 11.9 Å². The Kier molecular flexibility index (Phi) is 5.40. The maximum Gasteiger partial charge on any atom is 0.325 e. The van der Waals surface area contributed by atoms with E-state index in [2.05, 4.69) is 10.1 Å². The van der Waals surface area contributed by atoms with Gasteiger partial charge in [0.25, 0.3) is 0 Å². The van der Waals surface area contributed by atoms with E-state index in [1.807, 2.05) is 0 Å². The molecule has 1 aromatic rings. The molecule has 6 nitrogen and oxygen atoms in total. The molecule has 0 saturated carbocycles. The molecule has 0 saturated heterocycles. The molecule has 19 heavy (non-hydrogen) atoms. The summed E-state index contributed by atoms with van der Waals surface area (Å²) >= 11 is 0. The lowest BCUT2D eigenvalue weighted by molar-refractivity contribution is -0.143. The van der Waals surface area contributed by atoms with Crippen LogP contribution in [0, 0.1) is 0 Å². The van der Waals surface area contributed by atoms with Crippen LogP contribution in [0.3, 0.4) is 0 Å². The number of benzene rings is 1. The number of amides is 1. The second-order valence-corrected chi connectivity index (χ2v) is 3.60. The van der Waals surface area contributed by atoms with Crippen LogP contribution in [0.1, 0.15) is 12.5 Å². The number of rotatable bonds is 5. The van der Waals surface area contributed by atoms with Gasteiger partial charge in [0.1, 0.15) is 6.54 Å². The van der Waals surface area contributed by atoms with Crippen molar-refractivity contribution in [2.45, 2.75) is 6.92 Å². The zero-order chi connectivity index (χ0) is 14.3. The molecular weight excluding hydrogens is 250 g/mol. The maximum atomic E-state index is 11.4. The minimum Gasteiger partial charge on any atom is -0.504 e. The predicted molar refractivity (Wildman–Crippen MR) is 68.4 cm³/mol. The summed E-state index contributed by atoms with van der Waals surface area (Å²) in [4.78, 5) is 22.3. The Bertz CT molecular complexity index is 496. The second-order valence-electron chi connectivity index (χ2n) is 3.60. The summed E-state index contributed by atoms with van der Waals surface area (Å²) in [7, 11) is 0. The molecule has 0 spiro atoms. The molecular formula is C13H15NO5. The number of hydrogen-bond acceptors (Lipinski definition) is 5. The minimum atomic E-state index is -0.508. The van der Waals surface area contributed by atoms with E-state index in [1.165, 1.54) is 30.4 Å². The summed E-state index contributed by atoms with van der Waals surface area (Å²) < 4.78 is 4.65. The largest absolute Gasteiger partial charge is 0.504 e. The number of phenolic OH excluding ortho intramolecular Hbond substituents is 2. The average molecular weight is 265 g/mol. The Morgan fingerprint density at radius 3 is 2.68 bits per heavy atom. The fourth-order valence-corrected chi connectivity index (χ4v) is 1.25. The third kappa shape index (κ3) is 5.12. The number of carbonyl (C=O) groups excluding carboxylic acids is 2. The van der Waals surface area contributed by atoms with E-state index in [0.717, 1.165) is 0 Å². The SMILES string of the molecule is CCOC(=O)CNC(=O)/C=C/c1ccc(O)c(O)c1. The highest BCUT2D eigenvalue weighted by molar-refractivity contribution is 5.93. The van der Waals surface area contributed by atoms with Gasteiger partial charge in [0.2, 0.25) is 5.91 Å². The van der Waals surface area contributed by atoms with Gasteiger partial charge in [0, 0.05) is 6.08 Å². The van der Waals surface area contributed by atoms with Crippen molar-refractivity contribution >= 4 is 18.0 Å².